The quantitative estimate of drug-likeness (QED) is 0.477. The lowest BCUT2D eigenvalue weighted by Gasteiger charge is -2.39. The van der Waals surface area contributed by atoms with Gasteiger partial charge in [-0.1, -0.05) is 0 Å². The van der Waals surface area contributed by atoms with Crippen molar-refractivity contribution in [3.05, 3.63) is 0 Å². The largest absolute Gasteiger partial charge is 0.390 e. The van der Waals surface area contributed by atoms with Gasteiger partial charge < -0.3 is 0 Å². The zero-order valence-electron chi connectivity index (χ0n) is 11.8. The SMILES string of the molecule is C#CC#C.C#CC(F)(F)C(F)(F)C(F)(F)C(F)(F)C(F)(F)C(F)(F)C#C. The Balaban J connectivity index is 0. The van der Waals surface area contributed by atoms with Gasteiger partial charge in [-0.2, -0.15) is 52.7 Å². The average Bonchev–Trinajstić information content (AvgIpc) is 2.53. The Morgan fingerprint density at radius 1 is 0.385 bits per heavy atom. The first-order valence-electron chi connectivity index (χ1n) is 5.42. The van der Waals surface area contributed by atoms with Crippen LogP contribution in [0.2, 0.25) is 0 Å². The van der Waals surface area contributed by atoms with E-state index in [1.54, 1.807) is 0 Å². The molecule has 0 aliphatic rings. The number of rotatable bonds is 5. The van der Waals surface area contributed by atoms with Gasteiger partial charge in [-0.05, 0) is 23.7 Å². The van der Waals surface area contributed by atoms with Crippen molar-refractivity contribution in [2.75, 3.05) is 0 Å². The fourth-order valence-corrected chi connectivity index (χ4v) is 0.970. The lowest BCUT2D eigenvalue weighted by Crippen LogP contribution is -2.70. The van der Waals surface area contributed by atoms with Crippen molar-refractivity contribution in [3.63, 3.8) is 0 Å². The van der Waals surface area contributed by atoms with Gasteiger partial charge in [0.15, 0.2) is 0 Å². The summed E-state index contributed by atoms with van der Waals surface area (Å²) in [6, 6.07) is 0. The van der Waals surface area contributed by atoms with Gasteiger partial charge in [0.2, 0.25) is 0 Å². The Kier molecular flexibility index (Phi) is 7.23. The van der Waals surface area contributed by atoms with Crippen LogP contribution in [0.25, 0.3) is 0 Å². The number of hydrogen-bond donors (Lipinski definition) is 0. The van der Waals surface area contributed by atoms with Crippen LogP contribution in [0.1, 0.15) is 0 Å². The number of hydrogen-bond acceptors (Lipinski definition) is 0. The van der Waals surface area contributed by atoms with Gasteiger partial charge in [0.25, 0.3) is 0 Å². The minimum Gasteiger partial charge on any atom is -0.192 e. The number of terminal acetylenes is 4. The predicted octanol–water partition coefficient (Wildman–Crippen LogP) is 4.32. The third-order valence-corrected chi connectivity index (χ3v) is 2.42. The van der Waals surface area contributed by atoms with E-state index in [9.17, 15) is 52.7 Å². The fraction of sp³-hybridized carbons (Fsp3) is 0.429. The van der Waals surface area contributed by atoms with Gasteiger partial charge in [0.1, 0.15) is 0 Å². The molecular weight excluding hydrogens is 396 g/mol. The lowest BCUT2D eigenvalue weighted by molar-refractivity contribution is -0.413. The van der Waals surface area contributed by atoms with Gasteiger partial charge >= 0.3 is 35.5 Å². The normalized spacial score (nSPS) is 13.2. The first kappa shape index (κ1) is 25.6. The van der Waals surface area contributed by atoms with Crippen molar-refractivity contribution in [1.82, 2.24) is 0 Å². The molecule has 0 aromatic carbocycles. The number of halogens is 12. The summed E-state index contributed by atoms with van der Waals surface area (Å²) < 4.78 is 152. The van der Waals surface area contributed by atoms with Crippen LogP contribution in [0.15, 0.2) is 0 Å². The molecule has 0 bridgehead atoms. The summed E-state index contributed by atoms with van der Waals surface area (Å²) in [4.78, 5) is 0. The van der Waals surface area contributed by atoms with Gasteiger partial charge in [-0.3, -0.25) is 0 Å². The standard InChI is InChI=1S/C10H2F12.C4H2/c1-3-5(11,12)7(15,16)9(19,20)10(21,22)8(17,18)6(13,14)4-2;1-3-4-2/h1-2H;1-2H. The predicted molar refractivity (Wildman–Crippen MR) is 65.0 cm³/mol. The molecule has 0 aliphatic heterocycles. The van der Waals surface area contributed by atoms with Gasteiger partial charge in [0.05, 0.1) is 0 Å². The summed E-state index contributed by atoms with van der Waals surface area (Å²) in [6.07, 6.45) is 16.5. The molecule has 144 valence electrons. The Hall–Kier alpha value is -2.60. The third kappa shape index (κ3) is 3.65. The van der Waals surface area contributed by atoms with Gasteiger partial charge in [-0.15, -0.1) is 25.7 Å². The molecule has 0 aliphatic carbocycles. The second kappa shape index (κ2) is 7.33. The van der Waals surface area contributed by atoms with E-state index in [1.165, 1.54) is 0 Å². The van der Waals surface area contributed by atoms with Crippen LogP contribution < -0.4 is 0 Å². The monoisotopic (exact) mass is 400 g/mol. The van der Waals surface area contributed by atoms with Gasteiger partial charge in [0, 0.05) is 0 Å². The maximum atomic E-state index is 12.9. The van der Waals surface area contributed by atoms with Crippen molar-refractivity contribution < 1.29 is 52.7 Å². The Bertz CT molecular complexity index is 613. The van der Waals surface area contributed by atoms with Crippen LogP contribution in [-0.4, -0.2) is 35.5 Å². The highest BCUT2D eigenvalue weighted by molar-refractivity contribution is 5.21. The highest BCUT2D eigenvalue weighted by Crippen LogP contribution is 2.59. The molecule has 0 heterocycles. The minimum atomic E-state index is -7.67. The molecule has 12 heteroatoms. The Labute approximate surface area is 138 Å². The van der Waals surface area contributed by atoms with Crippen molar-refractivity contribution in [3.8, 4) is 49.4 Å². The Morgan fingerprint density at radius 2 is 0.577 bits per heavy atom. The van der Waals surface area contributed by atoms with E-state index in [1.807, 2.05) is 11.8 Å². The van der Waals surface area contributed by atoms with E-state index in [0.717, 1.165) is 0 Å². The third-order valence-electron chi connectivity index (χ3n) is 2.42. The van der Waals surface area contributed by atoms with Crippen LogP contribution in [0.4, 0.5) is 52.7 Å². The lowest BCUT2D eigenvalue weighted by atomic mass is 9.92. The summed E-state index contributed by atoms with van der Waals surface area (Å²) in [5, 5.41) is 0. The zero-order valence-corrected chi connectivity index (χ0v) is 11.8. The smallest absolute Gasteiger partial charge is 0.192 e. The fourth-order valence-electron chi connectivity index (χ4n) is 0.970. The molecule has 0 saturated heterocycles. The van der Waals surface area contributed by atoms with E-state index in [0.29, 0.717) is 0 Å². The molecule has 26 heavy (non-hydrogen) atoms. The van der Waals surface area contributed by atoms with E-state index in [-0.39, 0.29) is 11.8 Å². The molecule has 0 fully saturated rings. The Morgan fingerprint density at radius 3 is 0.692 bits per heavy atom. The molecule has 0 aromatic rings. The first-order valence-corrected chi connectivity index (χ1v) is 5.42. The van der Waals surface area contributed by atoms with E-state index in [4.69, 9.17) is 0 Å². The van der Waals surface area contributed by atoms with Crippen molar-refractivity contribution in [2.45, 2.75) is 35.5 Å². The molecular formula is C14H4F12. The second-order valence-electron chi connectivity index (χ2n) is 4.02. The summed E-state index contributed by atoms with van der Waals surface area (Å²) >= 11 is 0. The van der Waals surface area contributed by atoms with Crippen molar-refractivity contribution in [2.24, 2.45) is 0 Å². The van der Waals surface area contributed by atoms with Crippen LogP contribution >= 0.6 is 0 Å². The molecule has 0 nitrogen and oxygen atoms in total. The van der Waals surface area contributed by atoms with Crippen LogP contribution in [0.5, 0.6) is 0 Å². The average molecular weight is 400 g/mol. The molecule has 0 radical (unpaired) electrons. The minimum absolute atomic E-state index is 0.305. The van der Waals surface area contributed by atoms with Crippen molar-refractivity contribution in [1.29, 1.82) is 0 Å². The molecule has 0 aromatic heterocycles. The van der Waals surface area contributed by atoms with Crippen molar-refractivity contribution >= 4 is 0 Å². The summed E-state index contributed by atoms with van der Waals surface area (Å²) in [6.45, 7) is 0. The maximum Gasteiger partial charge on any atom is 0.390 e. The van der Waals surface area contributed by atoms with E-state index >= 15 is 0 Å². The summed E-state index contributed by atoms with van der Waals surface area (Å²) in [5.41, 5.74) is 0. The maximum absolute atomic E-state index is 12.9. The summed E-state index contributed by atoms with van der Waals surface area (Å²) in [5.74, 6) is -39.3. The van der Waals surface area contributed by atoms with Crippen LogP contribution in [0.3, 0.4) is 0 Å². The second-order valence-corrected chi connectivity index (χ2v) is 4.02. The van der Waals surface area contributed by atoms with Crippen LogP contribution in [0, 0.1) is 49.4 Å². The van der Waals surface area contributed by atoms with Crippen LogP contribution in [-0.2, 0) is 0 Å². The molecule has 0 saturated carbocycles. The molecule has 0 rings (SSSR count). The van der Waals surface area contributed by atoms with E-state index in [2.05, 4.69) is 25.7 Å². The molecule has 0 unspecified atom stereocenters. The zero-order chi connectivity index (χ0) is 21.8. The van der Waals surface area contributed by atoms with E-state index < -0.39 is 35.5 Å². The molecule has 0 spiro atoms. The topological polar surface area (TPSA) is 0 Å². The first-order chi connectivity index (χ1) is 11.3. The molecule has 0 atom stereocenters. The van der Waals surface area contributed by atoms with Gasteiger partial charge in [-0.25, -0.2) is 0 Å². The number of alkyl halides is 12. The highest BCUT2D eigenvalue weighted by Gasteiger charge is 2.90. The highest BCUT2D eigenvalue weighted by atomic mass is 19.4. The summed E-state index contributed by atoms with van der Waals surface area (Å²) in [7, 11) is 0. The molecule has 0 amide bonds. The molecule has 0 N–H and O–H groups in total.